The number of hydrogen-bond acceptors (Lipinski definition) is 4. The van der Waals surface area contributed by atoms with Crippen LogP contribution < -0.4 is 10.6 Å². The number of amides is 2. The molecular weight excluding hydrogens is 322 g/mol. The zero-order chi connectivity index (χ0) is 18.2. The first-order valence-corrected chi connectivity index (χ1v) is 7.84. The highest BCUT2D eigenvalue weighted by molar-refractivity contribution is 5.93. The van der Waals surface area contributed by atoms with Crippen LogP contribution in [0.5, 0.6) is 0 Å². The first-order chi connectivity index (χ1) is 12.0. The molecule has 0 aliphatic heterocycles. The molecular formula is C18H19N3O4. The minimum absolute atomic E-state index is 0.0321. The minimum atomic E-state index is -0.510. The third kappa shape index (κ3) is 5.72. The quantitative estimate of drug-likeness (QED) is 0.596. The predicted molar refractivity (Wildman–Crippen MR) is 94.0 cm³/mol. The molecule has 0 bridgehead atoms. The number of carbonyl (C=O) groups excluding carboxylic acids is 2. The number of carbonyl (C=O) groups is 2. The molecule has 0 saturated heterocycles. The van der Waals surface area contributed by atoms with Crippen LogP contribution >= 0.6 is 0 Å². The summed E-state index contributed by atoms with van der Waals surface area (Å²) in [6.45, 7) is 1.88. The molecule has 7 heteroatoms. The van der Waals surface area contributed by atoms with Crippen molar-refractivity contribution in [2.75, 3.05) is 5.32 Å². The number of nitro benzene ring substituents is 1. The summed E-state index contributed by atoms with van der Waals surface area (Å²) >= 11 is 0. The van der Waals surface area contributed by atoms with Gasteiger partial charge >= 0.3 is 0 Å². The fourth-order valence-corrected chi connectivity index (χ4v) is 2.26. The van der Waals surface area contributed by atoms with Gasteiger partial charge in [0.15, 0.2) is 0 Å². The Morgan fingerprint density at radius 2 is 1.60 bits per heavy atom. The van der Waals surface area contributed by atoms with Crippen LogP contribution in [0, 0.1) is 10.1 Å². The predicted octanol–water partition coefficient (Wildman–Crippen LogP) is 3.19. The van der Waals surface area contributed by atoms with Gasteiger partial charge in [-0.05, 0) is 24.6 Å². The van der Waals surface area contributed by atoms with Crippen LogP contribution in [0.1, 0.15) is 31.4 Å². The Labute approximate surface area is 145 Å². The maximum Gasteiger partial charge on any atom is 0.269 e. The van der Waals surface area contributed by atoms with E-state index in [1.165, 1.54) is 24.3 Å². The molecule has 25 heavy (non-hydrogen) atoms. The first-order valence-electron chi connectivity index (χ1n) is 7.84. The lowest BCUT2D eigenvalue weighted by atomic mass is 10.1. The fourth-order valence-electron chi connectivity index (χ4n) is 2.26. The van der Waals surface area contributed by atoms with Gasteiger partial charge in [-0.2, -0.15) is 0 Å². The monoisotopic (exact) mass is 341 g/mol. The topological polar surface area (TPSA) is 101 Å². The molecule has 130 valence electrons. The highest BCUT2D eigenvalue weighted by atomic mass is 16.6. The number of anilines is 1. The standard InChI is InChI=1S/C18H19N3O4/c1-13(14-5-3-2-4-6-14)19-17(22)11-12-18(23)20-15-7-9-16(10-8-15)21(24)25/h2-10,13H,11-12H2,1H3,(H,19,22)(H,20,23). The van der Waals surface area contributed by atoms with Crippen LogP contribution in [0.15, 0.2) is 54.6 Å². The van der Waals surface area contributed by atoms with Crippen molar-refractivity contribution in [3.63, 3.8) is 0 Å². The lowest BCUT2D eigenvalue weighted by Gasteiger charge is -2.14. The highest BCUT2D eigenvalue weighted by Crippen LogP contribution is 2.16. The number of nitrogens with one attached hydrogen (secondary N) is 2. The molecule has 2 N–H and O–H groups in total. The van der Waals surface area contributed by atoms with Crippen molar-refractivity contribution in [3.05, 3.63) is 70.3 Å². The van der Waals surface area contributed by atoms with Crippen LogP contribution in [0.2, 0.25) is 0 Å². The van der Waals surface area contributed by atoms with Crippen molar-refractivity contribution >= 4 is 23.2 Å². The molecule has 2 aromatic rings. The zero-order valence-corrected chi connectivity index (χ0v) is 13.8. The minimum Gasteiger partial charge on any atom is -0.350 e. The van der Waals surface area contributed by atoms with Crippen LogP contribution in [-0.2, 0) is 9.59 Å². The Balaban J connectivity index is 1.77. The van der Waals surface area contributed by atoms with Gasteiger partial charge < -0.3 is 10.6 Å². The SMILES string of the molecule is CC(NC(=O)CCC(=O)Nc1ccc([N+](=O)[O-])cc1)c1ccccc1. The number of nitrogens with zero attached hydrogens (tertiary/aromatic N) is 1. The van der Waals surface area contributed by atoms with Gasteiger partial charge in [-0.3, -0.25) is 19.7 Å². The van der Waals surface area contributed by atoms with Crippen LogP contribution in [0.3, 0.4) is 0 Å². The average Bonchev–Trinajstić information content (AvgIpc) is 2.61. The van der Waals surface area contributed by atoms with Gasteiger partial charge in [0.25, 0.3) is 5.69 Å². The van der Waals surface area contributed by atoms with E-state index >= 15 is 0 Å². The van der Waals surface area contributed by atoms with Gasteiger partial charge in [0.05, 0.1) is 11.0 Å². The lowest BCUT2D eigenvalue weighted by Crippen LogP contribution is -2.27. The van der Waals surface area contributed by atoms with Crippen molar-refractivity contribution in [1.82, 2.24) is 5.32 Å². The van der Waals surface area contributed by atoms with E-state index in [9.17, 15) is 19.7 Å². The van der Waals surface area contributed by atoms with E-state index in [1.54, 1.807) is 0 Å². The molecule has 2 aromatic carbocycles. The summed E-state index contributed by atoms with van der Waals surface area (Å²) in [6, 6.07) is 14.9. The Morgan fingerprint density at radius 3 is 2.20 bits per heavy atom. The average molecular weight is 341 g/mol. The van der Waals surface area contributed by atoms with Crippen molar-refractivity contribution in [2.24, 2.45) is 0 Å². The molecule has 0 aliphatic rings. The molecule has 0 radical (unpaired) electrons. The molecule has 0 aromatic heterocycles. The third-order valence-electron chi connectivity index (χ3n) is 3.62. The number of nitro groups is 1. The Bertz CT molecular complexity index is 745. The summed E-state index contributed by atoms with van der Waals surface area (Å²) in [5.41, 5.74) is 1.40. The van der Waals surface area contributed by atoms with Crippen molar-refractivity contribution in [2.45, 2.75) is 25.8 Å². The Morgan fingerprint density at radius 1 is 1.00 bits per heavy atom. The second-order valence-corrected chi connectivity index (χ2v) is 5.55. The fraction of sp³-hybridized carbons (Fsp3) is 0.222. The zero-order valence-electron chi connectivity index (χ0n) is 13.8. The third-order valence-corrected chi connectivity index (χ3v) is 3.62. The number of non-ortho nitro benzene ring substituents is 1. The molecule has 7 nitrogen and oxygen atoms in total. The molecule has 2 rings (SSSR count). The summed E-state index contributed by atoms with van der Waals surface area (Å²) in [5.74, 6) is -0.536. The summed E-state index contributed by atoms with van der Waals surface area (Å²) in [4.78, 5) is 33.9. The van der Waals surface area contributed by atoms with E-state index in [4.69, 9.17) is 0 Å². The molecule has 0 heterocycles. The van der Waals surface area contributed by atoms with Crippen molar-refractivity contribution in [1.29, 1.82) is 0 Å². The van der Waals surface area contributed by atoms with Crippen molar-refractivity contribution in [3.8, 4) is 0 Å². The van der Waals surface area contributed by atoms with E-state index in [1.807, 2.05) is 37.3 Å². The number of benzene rings is 2. The molecule has 0 aliphatic carbocycles. The summed E-state index contributed by atoms with van der Waals surface area (Å²) in [7, 11) is 0. The van der Waals surface area contributed by atoms with Crippen LogP contribution in [0.25, 0.3) is 0 Å². The van der Waals surface area contributed by atoms with Gasteiger partial charge in [-0.25, -0.2) is 0 Å². The molecule has 0 fully saturated rings. The van der Waals surface area contributed by atoms with Gasteiger partial charge in [-0.15, -0.1) is 0 Å². The first kappa shape index (κ1) is 18.1. The second-order valence-electron chi connectivity index (χ2n) is 5.55. The van der Waals surface area contributed by atoms with Crippen LogP contribution in [-0.4, -0.2) is 16.7 Å². The maximum atomic E-state index is 11.9. The normalized spacial score (nSPS) is 11.4. The second kappa shape index (κ2) is 8.58. The smallest absolute Gasteiger partial charge is 0.269 e. The van der Waals surface area contributed by atoms with Gasteiger partial charge in [0.1, 0.15) is 0 Å². The van der Waals surface area contributed by atoms with Gasteiger partial charge in [0, 0.05) is 30.7 Å². The van der Waals surface area contributed by atoms with E-state index < -0.39 is 4.92 Å². The van der Waals surface area contributed by atoms with E-state index in [0.29, 0.717) is 5.69 Å². The summed E-state index contributed by atoms with van der Waals surface area (Å²) < 4.78 is 0. The van der Waals surface area contributed by atoms with Crippen molar-refractivity contribution < 1.29 is 14.5 Å². The van der Waals surface area contributed by atoms with Gasteiger partial charge in [0.2, 0.25) is 11.8 Å². The molecule has 2 amide bonds. The number of hydrogen-bond donors (Lipinski definition) is 2. The van der Waals surface area contributed by atoms with Crippen LogP contribution in [0.4, 0.5) is 11.4 Å². The van der Waals surface area contributed by atoms with E-state index in [-0.39, 0.29) is 36.4 Å². The van der Waals surface area contributed by atoms with E-state index in [2.05, 4.69) is 10.6 Å². The lowest BCUT2D eigenvalue weighted by molar-refractivity contribution is -0.384. The van der Waals surface area contributed by atoms with E-state index in [0.717, 1.165) is 5.56 Å². The highest BCUT2D eigenvalue weighted by Gasteiger charge is 2.12. The summed E-state index contributed by atoms with van der Waals surface area (Å²) in [5, 5.41) is 16.0. The molecule has 1 atom stereocenters. The maximum absolute atomic E-state index is 11.9. The largest absolute Gasteiger partial charge is 0.350 e. The summed E-state index contributed by atoms with van der Waals surface area (Å²) in [6.07, 6.45) is 0.0975. The Hall–Kier alpha value is -3.22. The molecule has 0 spiro atoms. The number of rotatable bonds is 7. The Kier molecular flexibility index (Phi) is 6.22. The molecule has 1 unspecified atom stereocenters. The van der Waals surface area contributed by atoms with Gasteiger partial charge in [-0.1, -0.05) is 30.3 Å². The molecule has 0 saturated carbocycles.